The smallest absolute Gasteiger partial charge is 0.0701 e. The van der Waals surface area contributed by atoms with Crippen molar-refractivity contribution in [3.05, 3.63) is 35.1 Å². The van der Waals surface area contributed by atoms with Gasteiger partial charge in [-0.1, -0.05) is 171 Å². The Hall–Kier alpha value is -0.680. The molecule has 230 valence electrons. The van der Waals surface area contributed by atoms with E-state index in [1.54, 1.807) is 0 Å². The molecule has 0 aliphatic carbocycles. The Kier molecular flexibility index (Phi) is 53.8. The maximum atomic E-state index is 4.47. The topological polar surface area (TPSA) is 12.4 Å². The SMILES string of the molecule is CC.CCC.CCC/C=C\C(N=PC)=C(\C)C=C(C)C.CCCCC(CC)CC.CCCCC(CC)CC. The second-order valence-corrected chi connectivity index (χ2v) is 10.7. The van der Waals surface area contributed by atoms with Crippen LogP contribution in [0.15, 0.2) is 39.8 Å². The molecule has 0 spiro atoms. The summed E-state index contributed by atoms with van der Waals surface area (Å²) in [6.07, 6.45) is 24.0. The largest absolute Gasteiger partial charge is 0.233 e. The van der Waals surface area contributed by atoms with Crippen molar-refractivity contribution in [1.29, 1.82) is 0 Å². The number of hydrogen-bond donors (Lipinski definition) is 0. The maximum absolute atomic E-state index is 4.47. The van der Waals surface area contributed by atoms with E-state index >= 15 is 0 Å². The Bertz CT molecular complexity index is 499. The quantitative estimate of drug-likeness (QED) is 0.141. The van der Waals surface area contributed by atoms with Gasteiger partial charge < -0.3 is 0 Å². The average Bonchev–Trinajstić information content (AvgIpc) is 2.91. The molecule has 0 heterocycles. The molecule has 0 unspecified atom stereocenters. The van der Waals surface area contributed by atoms with Crippen molar-refractivity contribution in [2.75, 3.05) is 6.66 Å². The van der Waals surface area contributed by atoms with E-state index < -0.39 is 0 Å². The van der Waals surface area contributed by atoms with Gasteiger partial charge in [0.25, 0.3) is 0 Å². The van der Waals surface area contributed by atoms with Crippen molar-refractivity contribution in [3.8, 4) is 0 Å². The number of rotatable bonds is 15. The molecular weight excluding hydrogens is 477 g/mol. The Balaban J connectivity index is -0.000000137. The zero-order valence-corrected chi connectivity index (χ0v) is 30.4. The summed E-state index contributed by atoms with van der Waals surface area (Å²) in [6, 6.07) is 0. The van der Waals surface area contributed by atoms with Crippen LogP contribution >= 0.6 is 8.37 Å². The highest BCUT2D eigenvalue weighted by atomic mass is 31.1. The Labute approximate surface area is 246 Å². The molecular formula is C36H76NP. The summed E-state index contributed by atoms with van der Waals surface area (Å²) >= 11 is 0. The first-order chi connectivity index (χ1) is 18.2. The van der Waals surface area contributed by atoms with Crippen LogP contribution in [0.2, 0.25) is 0 Å². The summed E-state index contributed by atoms with van der Waals surface area (Å²) < 4.78 is 4.47. The first-order valence-electron chi connectivity index (χ1n) is 16.5. The Morgan fingerprint density at radius 2 is 1.08 bits per heavy atom. The predicted octanol–water partition coefficient (Wildman–Crippen LogP) is 15.0. The highest BCUT2D eigenvalue weighted by Gasteiger charge is 2.01. The molecule has 0 atom stereocenters. The van der Waals surface area contributed by atoms with Gasteiger partial charge >= 0.3 is 0 Å². The monoisotopic (exact) mass is 554 g/mol. The molecule has 38 heavy (non-hydrogen) atoms. The van der Waals surface area contributed by atoms with E-state index in [-0.39, 0.29) is 0 Å². The number of allylic oxidation sites excluding steroid dienone is 5. The lowest BCUT2D eigenvalue weighted by atomic mass is 9.97. The van der Waals surface area contributed by atoms with Gasteiger partial charge in [-0.3, -0.25) is 0 Å². The van der Waals surface area contributed by atoms with Crippen molar-refractivity contribution < 1.29 is 0 Å². The van der Waals surface area contributed by atoms with Crippen LogP contribution in [0.5, 0.6) is 0 Å². The third-order valence-corrected chi connectivity index (χ3v) is 6.50. The van der Waals surface area contributed by atoms with E-state index in [1.165, 1.54) is 88.2 Å². The lowest BCUT2D eigenvalue weighted by Gasteiger charge is -2.09. The molecule has 0 saturated carbocycles. The van der Waals surface area contributed by atoms with Crippen LogP contribution in [0.1, 0.15) is 180 Å². The van der Waals surface area contributed by atoms with Gasteiger partial charge in [-0.15, -0.1) is 0 Å². The van der Waals surface area contributed by atoms with Gasteiger partial charge in [-0.25, -0.2) is 4.74 Å². The molecule has 1 nitrogen and oxygen atoms in total. The van der Waals surface area contributed by atoms with Crippen molar-refractivity contribution in [2.45, 2.75) is 180 Å². The average molecular weight is 554 g/mol. The lowest BCUT2D eigenvalue weighted by Crippen LogP contribution is -1.95. The lowest BCUT2D eigenvalue weighted by molar-refractivity contribution is 0.438. The van der Waals surface area contributed by atoms with Gasteiger partial charge in [0.05, 0.1) is 5.70 Å². The fourth-order valence-electron chi connectivity index (χ4n) is 3.60. The van der Waals surface area contributed by atoms with Gasteiger partial charge in [-0.05, 0) is 57.3 Å². The second-order valence-electron chi connectivity index (χ2n) is 10.1. The molecule has 0 saturated heterocycles. The van der Waals surface area contributed by atoms with E-state index in [9.17, 15) is 0 Å². The van der Waals surface area contributed by atoms with Crippen molar-refractivity contribution in [1.82, 2.24) is 0 Å². The predicted molar refractivity (Wildman–Crippen MR) is 186 cm³/mol. The highest BCUT2D eigenvalue weighted by molar-refractivity contribution is 7.25. The number of unbranched alkanes of at least 4 members (excludes halogenated alkanes) is 3. The molecule has 0 aromatic carbocycles. The van der Waals surface area contributed by atoms with Gasteiger partial charge in [0.2, 0.25) is 0 Å². The molecule has 2 heteroatoms. The normalized spacial score (nSPS) is 11.0. The van der Waals surface area contributed by atoms with E-state index in [0.29, 0.717) is 0 Å². The van der Waals surface area contributed by atoms with Crippen LogP contribution in [0.25, 0.3) is 0 Å². The maximum Gasteiger partial charge on any atom is 0.0701 e. The van der Waals surface area contributed by atoms with Crippen LogP contribution in [-0.4, -0.2) is 6.66 Å². The second kappa shape index (κ2) is 43.4. The summed E-state index contributed by atoms with van der Waals surface area (Å²) in [5, 5.41) is 0. The number of hydrogen-bond acceptors (Lipinski definition) is 1. The standard InChI is InChI=1S/C13H22NP.2C9H20.C3H8.C2H6/c1-6-7-8-9-13(14-15-5)12(4)10-11(2)3;2*1-4-7-8-9(5-2)6-3;1-3-2;1-2/h8-10H,6-7H2,1-5H3;2*9H,4-8H2,1-3H3;3H2,1-2H3;1-2H3/b9-8-,13-12+;;;;. The van der Waals surface area contributed by atoms with E-state index in [2.05, 4.69) is 106 Å². The Morgan fingerprint density at radius 1 is 0.684 bits per heavy atom. The zero-order chi connectivity index (χ0) is 30.6. The summed E-state index contributed by atoms with van der Waals surface area (Å²) in [7, 11) is 1.07. The molecule has 0 aliphatic heterocycles. The summed E-state index contributed by atoms with van der Waals surface area (Å²) in [6.45, 7) is 32.5. The van der Waals surface area contributed by atoms with E-state index in [0.717, 1.165) is 32.3 Å². The third-order valence-electron chi connectivity index (χ3n) is 6.09. The van der Waals surface area contributed by atoms with Crippen LogP contribution in [0.3, 0.4) is 0 Å². The van der Waals surface area contributed by atoms with Crippen LogP contribution < -0.4 is 0 Å². The number of nitrogens with zero attached hydrogens (tertiary/aromatic N) is 1. The Morgan fingerprint density at radius 3 is 1.34 bits per heavy atom. The minimum atomic E-state index is 1.00. The molecule has 0 aromatic heterocycles. The molecule has 0 bridgehead atoms. The first-order valence-corrected chi connectivity index (χ1v) is 17.8. The fourth-order valence-corrected chi connectivity index (χ4v) is 4.04. The molecule has 0 amide bonds. The van der Waals surface area contributed by atoms with Crippen LogP contribution in [0, 0.1) is 11.8 Å². The minimum absolute atomic E-state index is 1.00. The van der Waals surface area contributed by atoms with Crippen LogP contribution in [0.4, 0.5) is 0 Å². The van der Waals surface area contributed by atoms with E-state index in [1.807, 2.05) is 20.5 Å². The van der Waals surface area contributed by atoms with Crippen molar-refractivity contribution in [3.63, 3.8) is 0 Å². The summed E-state index contributed by atoms with van der Waals surface area (Å²) in [5.74, 6) is 2.01. The van der Waals surface area contributed by atoms with Gasteiger partial charge in [0, 0.05) is 8.37 Å². The molecule has 0 aliphatic rings. The van der Waals surface area contributed by atoms with Gasteiger partial charge in [-0.2, -0.15) is 0 Å². The third kappa shape index (κ3) is 42.4. The van der Waals surface area contributed by atoms with E-state index in [4.69, 9.17) is 0 Å². The fraction of sp³-hybridized carbons (Fsp3) is 0.833. The van der Waals surface area contributed by atoms with Crippen molar-refractivity contribution in [2.24, 2.45) is 16.6 Å². The van der Waals surface area contributed by atoms with Gasteiger partial charge in [0.1, 0.15) is 0 Å². The molecule has 0 radical (unpaired) electrons. The summed E-state index contributed by atoms with van der Waals surface area (Å²) in [4.78, 5) is 0. The minimum Gasteiger partial charge on any atom is -0.233 e. The molecule has 0 fully saturated rings. The van der Waals surface area contributed by atoms with Crippen molar-refractivity contribution >= 4 is 8.37 Å². The highest BCUT2D eigenvalue weighted by Crippen LogP contribution is 2.16. The zero-order valence-electron chi connectivity index (χ0n) is 29.5. The van der Waals surface area contributed by atoms with Gasteiger partial charge in [0.15, 0.2) is 0 Å². The molecule has 0 rings (SSSR count). The molecule has 0 aromatic rings. The summed E-state index contributed by atoms with van der Waals surface area (Å²) in [5.41, 5.74) is 3.67. The van der Waals surface area contributed by atoms with Crippen LogP contribution in [-0.2, 0) is 0 Å². The first kappa shape index (κ1) is 47.1. The molecule has 0 N–H and O–H groups in total.